The van der Waals surface area contributed by atoms with E-state index in [-0.39, 0.29) is 11.8 Å². The minimum Gasteiger partial charge on any atom is -0.348 e. The Morgan fingerprint density at radius 3 is 2.10 bits per heavy atom. The lowest BCUT2D eigenvalue weighted by atomic mass is 10.0. The molecule has 0 aliphatic heterocycles. The number of amides is 2. The standard InChI is InChI=1S/C26H22N2O2S/c1-18-6-12-22(13-7-18)28-26(30)24-5-3-2-4-23(24)25(29)27-16-19-8-10-20(11-9-19)21-14-15-31-17-21/h2-15,17H,16H2,1H3,(H,27,29)(H,28,30). The van der Waals surface area contributed by atoms with Gasteiger partial charge in [0.1, 0.15) is 0 Å². The molecule has 5 heteroatoms. The third-order valence-corrected chi connectivity index (χ3v) is 5.67. The molecule has 31 heavy (non-hydrogen) atoms. The third kappa shape index (κ3) is 5.08. The first-order chi connectivity index (χ1) is 15.1. The zero-order valence-electron chi connectivity index (χ0n) is 17.1. The number of rotatable bonds is 6. The number of aryl methyl sites for hydroxylation is 1. The Labute approximate surface area is 185 Å². The van der Waals surface area contributed by atoms with E-state index in [1.54, 1.807) is 35.6 Å². The van der Waals surface area contributed by atoms with Crippen molar-refractivity contribution in [2.75, 3.05) is 5.32 Å². The molecule has 0 bridgehead atoms. The molecule has 0 unspecified atom stereocenters. The van der Waals surface area contributed by atoms with Gasteiger partial charge < -0.3 is 10.6 Å². The zero-order chi connectivity index (χ0) is 21.6. The van der Waals surface area contributed by atoms with Crippen LogP contribution in [0.2, 0.25) is 0 Å². The maximum absolute atomic E-state index is 12.8. The summed E-state index contributed by atoms with van der Waals surface area (Å²) in [5.74, 6) is -0.591. The summed E-state index contributed by atoms with van der Waals surface area (Å²) in [6, 6.07) is 24.6. The van der Waals surface area contributed by atoms with Crippen molar-refractivity contribution in [2.24, 2.45) is 0 Å². The minimum absolute atomic E-state index is 0.281. The number of benzene rings is 3. The molecule has 2 N–H and O–H groups in total. The van der Waals surface area contributed by atoms with Gasteiger partial charge in [0.2, 0.25) is 0 Å². The first kappa shape index (κ1) is 20.6. The van der Waals surface area contributed by atoms with E-state index in [4.69, 9.17) is 0 Å². The molecule has 0 aliphatic carbocycles. The van der Waals surface area contributed by atoms with E-state index in [0.717, 1.165) is 16.7 Å². The van der Waals surface area contributed by atoms with Crippen LogP contribution in [0.5, 0.6) is 0 Å². The van der Waals surface area contributed by atoms with E-state index in [1.807, 2.05) is 55.5 Å². The molecular weight excluding hydrogens is 404 g/mol. The molecule has 2 amide bonds. The number of nitrogens with one attached hydrogen (secondary N) is 2. The number of thiophene rings is 1. The second-order valence-corrected chi connectivity index (χ2v) is 8.04. The van der Waals surface area contributed by atoms with Crippen molar-refractivity contribution < 1.29 is 9.59 Å². The second-order valence-electron chi connectivity index (χ2n) is 7.26. The number of hydrogen-bond acceptors (Lipinski definition) is 3. The van der Waals surface area contributed by atoms with Gasteiger partial charge in [-0.25, -0.2) is 0 Å². The van der Waals surface area contributed by atoms with Crippen LogP contribution < -0.4 is 10.6 Å². The fourth-order valence-electron chi connectivity index (χ4n) is 3.24. The van der Waals surface area contributed by atoms with Gasteiger partial charge in [0.25, 0.3) is 11.8 Å². The molecule has 1 aromatic heterocycles. The van der Waals surface area contributed by atoms with Crippen molar-refractivity contribution in [3.63, 3.8) is 0 Å². The number of hydrogen-bond donors (Lipinski definition) is 2. The first-order valence-electron chi connectivity index (χ1n) is 9.97. The minimum atomic E-state index is -0.310. The van der Waals surface area contributed by atoms with Gasteiger partial charge in [0.05, 0.1) is 11.1 Å². The van der Waals surface area contributed by atoms with Crippen LogP contribution in [0.3, 0.4) is 0 Å². The van der Waals surface area contributed by atoms with E-state index in [9.17, 15) is 9.59 Å². The van der Waals surface area contributed by atoms with E-state index >= 15 is 0 Å². The molecule has 0 spiro atoms. The Bertz CT molecular complexity index is 1180. The van der Waals surface area contributed by atoms with E-state index in [2.05, 4.69) is 27.5 Å². The van der Waals surface area contributed by atoms with Crippen LogP contribution in [0, 0.1) is 6.92 Å². The fourth-order valence-corrected chi connectivity index (χ4v) is 3.90. The molecule has 0 saturated heterocycles. The summed E-state index contributed by atoms with van der Waals surface area (Å²) in [5, 5.41) is 9.93. The highest BCUT2D eigenvalue weighted by Gasteiger charge is 2.16. The van der Waals surface area contributed by atoms with Gasteiger partial charge in [-0.05, 0) is 64.7 Å². The Hall–Kier alpha value is -3.70. The zero-order valence-corrected chi connectivity index (χ0v) is 17.9. The molecule has 154 valence electrons. The van der Waals surface area contributed by atoms with Crippen LogP contribution in [0.4, 0.5) is 5.69 Å². The Balaban J connectivity index is 1.43. The predicted molar refractivity (Wildman–Crippen MR) is 126 cm³/mol. The summed E-state index contributed by atoms with van der Waals surface area (Å²) in [7, 11) is 0. The molecule has 3 aromatic carbocycles. The lowest BCUT2D eigenvalue weighted by molar-refractivity contribution is 0.0938. The lowest BCUT2D eigenvalue weighted by Gasteiger charge is -2.11. The average molecular weight is 427 g/mol. The Morgan fingerprint density at radius 2 is 1.45 bits per heavy atom. The van der Waals surface area contributed by atoms with E-state index < -0.39 is 0 Å². The molecule has 0 radical (unpaired) electrons. The highest BCUT2D eigenvalue weighted by molar-refractivity contribution is 7.08. The average Bonchev–Trinajstić information content (AvgIpc) is 3.34. The molecule has 0 fully saturated rings. The monoisotopic (exact) mass is 426 g/mol. The number of carbonyl (C=O) groups is 2. The molecule has 4 nitrogen and oxygen atoms in total. The molecule has 0 atom stereocenters. The Kier molecular flexibility index (Phi) is 6.24. The van der Waals surface area contributed by atoms with Crippen molar-refractivity contribution in [1.82, 2.24) is 5.32 Å². The quantitative estimate of drug-likeness (QED) is 0.403. The van der Waals surface area contributed by atoms with Crippen LogP contribution in [0.1, 0.15) is 31.8 Å². The predicted octanol–water partition coefficient (Wildman–Crippen LogP) is 5.91. The van der Waals surface area contributed by atoms with Gasteiger partial charge in [-0.1, -0.05) is 54.1 Å². The first-order valence-corrected chi connectivity index (χ1v) is 10.9. The van der Waals surface area contributed by atoms with Gasteiger partial charge in [0, 0.05) is 12.2 Å². The van der Waals surface area contributed by atoms with Crippen LogP contribution in [-0.2, 0) is 6.54 Å². The van der Waals surface area contributed by atoms with Crippen molar-refractivity contribution in [3.8, 4) is 11.1 Å². The van der Waals surface area contributed by atoms with Crippen molar-refractivity contribution >= 4 is 28.8 Å². The molecular formula is C26H22N2O2S. The van der Waals surface area contributed by atoms with E-state index in [1.165, 1.54) is 5.56 Å². The smallest absolute Gasteiger partial charge is 0.256 e. The van der Waals surface area contributed by atoms with Gasteiger partial charge >= 0.3 is 0 Å². The highest BCUT2D eigenvalue weighted by atomic mass is 32.1. The fraction of sp³-hybridized carbons (Fsp3) is 0.0769. The van der Waals surface area contributed by atoms with Crippen molar-refractivity contribution in [1.29, 1.82) is 0 Å². The summed E-state index contributed by atoms with van der Waals surface area (Å²) in [6.07, 6.45) is 0. The Morgan fingerprint density at radius 1 is 0.774 bits per heavy atom. The van der Waals surface area contributed by atoms with Crippen LogP contribution >= 0.6 is 11.3 Å². The van der Waals surface area contributed by atoms with Gasteiger partial charge in [-0.15, -0.1) is 0 Å². The molecule has 0 aliphatic rings. The van der Waals surface area contributed by atoms with Crippen molar-refractivity contribution in [2.45, 2.75) is 13.5 Å². The molecule has 1 heterocycles. The molecule has 0 saturated carbocycles. The SMILES string of the molecule is Cc1ccc(NC(=O)c2ccccc2C(=O)NCc2ccc(-c3ccsc3)cc2)cc1. The van der Waals surface area contributed by atoms with Gasteiger partial charge in [0.15, 0.2) is 0 Å². The topological polar surface area (TPSA) is 58.2 Å². The maximum Gasteiger partial charge on any atom is 0.256 e. The summed E-state index contributed by atoms with van der Waals surface area (Å²) >= 11 is 1.67. The normalized spacial score (nSPS) is 10.5. The molecule has 4 aromatic rings. The van der Waals surface area contributed by atoms with Crippen LogP contribution in [-0.4, -0.2) is 11.8 Å². The summed E-state index contributed by atoms with van der Waals surface area (Å²) in [5.41, 5.74) is 5.82. The number of carbonyl (C=O) groups excluding carboxylic acids is 2. The molecule has 4 rings (SSSR count). The second kappa shape index (κ2) is 9.41. The van der Waals surface area contributed by atoms with Gasteiger partial charge in [-0.3, -0.25) is 9.59 Å². The largest absolute Gasteiger partial charge is 0.348 e. The highest BCUT2D eigenvalue weighted by Crippen LogP contribution is 2.22. The van der Waals surface area contributed by atoms with E-state index in [0.29, 0.717) is 23.4 Å². The van der Waals surface area contributed by atoms with Crippen molar-refractivity contribution in [3.05, 3.63) is 112 Å². The lowest BCUT2D eigenvalue weighted by Crippen LogP contribution is -2.26. The van der Waals surface area contributed by atoms with Crippen LogP contribution in [0.25, 0.3) is 11.1 Å². The third-order valence-electron chi connectivity index (χ3n) is 4.99. The van der Waals surface area contributed by atoms with Gasteiger partial charge in [-0.2, -0.15) is 11.3 Å². The summed E-state index contributed by atoms with van der Waals surface area (Å²) in [6.45, 7) is 2.37. The van der Waals surface area contributed by atoms with Crippen LogP contribution in [0.15, 0.2) is 89.6 Å². The maximum atomic E-state index is 12.8. The summed E-state index contributed by atoms with van der Waals surface area (Å²) < 4.78 is 0. The summed E-state index contributed by atoms with van der Waals surface area (Å²) in [4.78, 5) is 25.6. The number of anilines is 1.